The molecule has 0 fully saturated rings. The van der Waals surface area contributed by atoms with Crippen LogP contribution in [0.4, 0.5) is 5.69 Å². The van der Waals surface area contributed by atoms with Gasteiger partial charge in [-0.15, -0.1) is 0 Å². The monoisotopic (exact) mass is 477 g/mol. The number of nitrogens with one attached hydrogen (secondary N) is 1. The van der Waals surface area contributed by atoms with Crippen molar-refractivity contribution in [3.8, 4) is 5.75 Å². The number of benzene rings is 2. The number of anilines is 1. The van der Waals surface area contributed by atoms with E-state index in [2.05, 4.69) is 5.32 Å². The molecule has 0 heterocycles. The third-order valence-corrected chi connectivity index (χ3v) is 6.75. The SMILES string of the molecule is CC(=O)Nc1cc([As](=O)(O)O)ccc1O.O=[As](O)(O)c1ccccc1. The number of carbonyl (C=O) groups excluding carboxylic acids is 1. The zero-order valence-corrected chi connectivity index (χ0v) is 16.7. The Kier molecular flexibility index (Phi) is 7.31. The molecule has 0 atom stereocenters. The van der Waals surface area contributed by atoms with E-state index in [0.717, 1.165) is 18.2 Å². The Morgan fingerprint density at radius 3 is 1.80 bits per heavy atom. The molecule has 11 heteroatoms. The van der Waals surface area contributed by atoms with Crippen molar-refractivity contribution >= 4 is 48.6 Å². The zero-order chi connectivity index (χ0) is 19.3. The normalized spacial score (nSPS) is 11.2. The zero-order valence-electron chi connectivity index (χ0n) is 13.0. The molecule has 0 aliphatic carbocycles. The Hall–Kier alpha value is -1.73. The molecule has 6 N–H and O–H groups in total. The summed E-state index contributed by atoms with van der Waals surface area (Å²) in [6.07, 6.45) is 0. The van der Waals surface area contributed by atoms with E-state index >= 15 is 0 Å². The number of aromatic hydroxyl groups is 1. The van der Waals surface area contributed by atoms with E-state index < -0.39 is 34.3 Å². The van der Waals surface area contributed by atoms with E-state index in [0.29, 0.717) is 0 Å². The van der Waals surface area contributed by atoms with E-state index in [1.807, 2.05) is 0 Å². The Labute approximate surface area is 148 Å². The number of carbonyl (C=O) groups is 1. The van der Waals surface area contributed by atoms with Crippen molar-refractivity contribution in [2.45, 2.75) is 6.92 Å². The van der Waals surface area contributed by atoms with Crippen LogP contribution in [-0.2, 0) is 12.3 Å². The summed E-state index contributed by atoms with van der Waals surface area (Å²) < 4.78 is 56.6. The summed E-state index contributed by atoms with van der Waals surface area (Å²) in [4.78, 5) is 10.7. The Morgan fingerprint density at radius 2 is 1.40 bits per heavy atom. The molecule has 0 saturated heterocycles. The first-order chi connectivity index (χ1) is 11.4. The number of amides is 1. The second-order valence-corrected chi connectivity index (χ2v) is 11.5. The first-order valence-electron chi connectivity index (χ1n) is 6.69. The van der Waals surface area contributed by atoms with Crippen LogP contribution in [0.5, 0.6) is 5.75 Å². The van der Waals surface area contributed by atoms with E-state index in [9.17, 15) is 17.4 Å². The Morgan fingerprint density at radius 1 is 0.880 bits per heavy atom. The first kappa shape index (κ1) is 21.3. The molecular formula is C14H17As2NO8. The number of phenolic OH excluding ortho intramolecular Hbond substituents is 1. The van der Waals surface area contributed by atoms with E-state index in [1.54, 1.807) is 18.2 Å². The molecule has 0 bridgehead atoms. The second-order valence-electron chi connectivity index (χ2n) is 4.81. The Bertz CT molecular complexity index is 828. The van der Waals surface area contributed by atoms with E-state index in [1.165, 1.54) is 19.1 Å². The maximum atomic E-state index is 10.9. The molecule has 2 rings (SSSR count). The number of phenols is 1. The van der Waals surface area contributed by atoms with Crippen molar-refractivity contribution < 1.29 is 33.8 Å². The van der Waals surface area contributed by atoms with Crippen LogP contribution in [0.1, 0.15) is 6.92 Å². The van der Waals surface area contributed by atoms with Crippen molar-refractivity contribution in [1.82, 2.24) is 0 Å². The topological polar surface area (TPSA) is 164 Å². The summed E-state index contributed by atoms with van der Waals surface area (Å²) in [6.45, 7) is 1.23. The molecule has 0 saturated carbocycles. The van der Waals surface area contributed by atoms with Gasteiger partial charge < -0.3 is 0 Å². The molecule has 136 valence electrons. The summed E-state index contributed by atoms with van der Waals surface area (Å²) in [5.41, 5.74) is -0.00951. The molecule has 0 spiro atoms. The predicted molar refractivity (Wildman–Crippen MR) is 89.9 cm³/mol. The predicted octanol–water partition coefficient (Wildman–Crippen LogP) is -1.84. The second kappa shape index (κ2) is 8.58. The third-order valence-electron chi connectivity index (χ3n) is 2.72. The van der Waals surface area contributed by atoms with Gasteiger partial charge in [-0.05, 0) is 0 Å². The van der Waals surface area contributed by atoms with Gasteiger partial charge in [0.2, 0.25) is 0 Å². The molecule has 0 aromatic heterocycles. The van der Waals surface area contributed by atoms with Crippen molar-refractivity contribution in [2.75, 3.05) is 5.32 Å². The van der Waals surface area contributed by atoms with Crippen LogP contribution >= 0.6 is 0 Å². The van der Waals surface area contributed by atoms with Gasteiger partial charge in [0.05, 0.1) is 0 Å². The van der Waals surface area contributed by atoms with Crippen LogP contribution in [0.2, 0.25) is 0 Å². The third kappa shape index (κ3) is 7.35. The fraction of sp³-hybridized carbons (Fsp3) is 0.0714. The average Bonchev–Trinajstić information content (AvgIpc) is 2.48. The minimum absolute atomic E-state index is 0.00951. The van der Waals surface area contributed by atoms with Crippen LogP contribution in [-0.4, -0.2) is 55.7 Å². The van der Waals surface area contributed by atoms with Crippen molar-refractivity contribution in [3.63, 3.8) is 0 Å². The summed E-state index contributed by atoms with van der Waals surface area (Å²) >= 11 is -9.58. The van der Waals surface area contributed by atoms with Gasteiger partial charge in [0.15, 0.2) is 0 Å². The van der Waals surface area contributed by atoms with Crippen LogP contribution in [0.3, 0.4) is 0 Å². The molecule has 2 aromatic carbocycles. The van der Waals surface area contributed by atoms with Crippen LogP contribution in [0.15, 0.2) is 48.5 Å². The van der Waals surface area contributed by atoms with E-state index in [4.69, 9.17) is 16.4 Å². The van der Waals surface area contributed by atoms with Crippen molar-refractivity contribution in [1.29, 1.82) is 0 Å². The molecular weight excluding hydrogens is 460 g/mol. The minimum atomic E-state index is -4.98. The summed E-state index contributed by atoms with van der Waals surface area (Å²) in [7, 11) is 0. The number of rotatable bonds is 3. The summed E-state index contributed by atoms with van der Waals surface area (Å²) in [5, 5.41) is 11.6. The number of hydrogen-bond acceptors (Lipinski definition) is 4. The van der Waals surface area contributed by atoms with E-state index in [-0.39, 0.29) is 20.1 Å². The fourth-order valence-corrected chi connectivity index (χ4v) is 3.98. The van der Waals surface area contributed by atoms with Gasteiger partial charge in [-0.1, -0.05) is 0 Å². The van der Waals surface area contributed by atoms with Gasteiger partial charge in [-0.2, -0.15) is 0 Å². The van der Waals surface area contributed by atoms with Gasteiger partial charge in [0.1, 0.15) is 0 Å². The molecule has 2 aromatic rings. The summed E-state index contributed by atoms with van der Waals surface area (Å²) in [5.74, 6) is -0.668. The van der Waals surface area contributed by atoms with Crippen molar-refractivity contribution in [2.24, 2.45) is 0 Å². The van der Waals surface area contributed by atoms with Gasteiger partial charge >= 0.3 is 149 Å². The summed E-state index contributed by atoms with van der Waals surface area (Å²) in [6, 6.07) is 11.1. The van der Waals surface area contributed by atoms with Gasteiger partial charge in [-0.25, -0.2) is 0 Å². The molecule has 0 aliphatic heterocycles. The molecule has 0 aliphatic rings. The van der Waals surface area contributed by atoms with Gasteiger partial charge in [0, 0.05) is 0 Å². The Balaban J connectivity index is 0.000000271. The van der Waals surface area contributed by atoms with Crippen LogP contribution < -0.4 is 14.0 Å². The maximum absolute atomic E-state index is 10.9. The quantitative estimate of drug-likeness (QED) is 0.222. The number of hydrogen-bond donors (Lipinski definition) is 6. The average molecular weight is 477 g/mol. The van der Waals surface area contributed by atoms with Crippen molar-refractivity contribution in [3.05, 3.63) is 48.5 Å². The van der Waals surface area contributed by atoms with Crippen LogP contribution in [0, 0.1) is 0 Å². The first-order valence-corrected chi connectivity index (χ1v) is 13.5. The molecule has 0 unspecified atom stereocenters. The van der Waals surface area contributed by atoms with Crippen LogP contribution in [0.25, 0.3) is 0 Å². The molecule has 0 radical (unpaired) electrons. The standard InChI is InChI=1S/C8H10AsNO5.C6H7AsO3/c1-5(11)10-7-4-6(9(13,14)15)2-3-8(7)12;8-7(9,10)6-4-2-1-3-5-6/h2-4,12H,1H3,(H,10,11)(H2,13,14,15);1-5H,(H2,8,9,10). The van der Waals surface area contributed by atoms with Gasteiger partial charge in [-0.3, -0.25) is 0 Å². The fourth-order valence-electron chi connectivity index (χ4n) is 1.62. The van der Waals surface area contributed by atoms with Gasteiger partial charge in [0.25, 0.3) is 0 Å². The molecule has 9 nitrogen and oxygen atoms in total. The molecule has 25 heavy (non-hydrogen) atoms. The molecule has 1 amide bonds.